The van der Waals surface area contributed by atoms with Gasteiger partial charge in [-0.15, -0.1) is 0 Å². The van der Waals surface area contributed by atoms with E-state index in [2.05, 4.69) is 5.43 Å². The van der Waals surface area contributed by atoms with Crippen molar-refractivity contribution in [2.75, 3.05) is 4.90 Å². The van der Waals surface area contributed by atoms with Gasteiger partial charge in [0.2, 0.25) is 5.91 Å². The number of fused-ring (bicyclic) bond motifs is 2. The lowest BCUT2D eigenvalue weighted by Crippen LogP contribution is -2.33. The van der Waals surface area contributed by atoms with Crippen LogP contribution in [0.5, 0.6) is 0 Å². The molecule has 0 aliphatic carbocycles. The summed E-state index contributed by atoms with van der Waals surface area (Å²) in [4.78, 5) is 14.3. The minimum absolute atomic E-state index is 0.0595. The Labute approximate surface area is 135 Å². The van der Waals surface area contributed by atoms with Gasteiger partial charge in [0, 0.05) is 17.5 Å². The summed E-state index contributed by atoms with van der Waals surface area (Å²) >= 11 is 0. The van der Waals surface area contributed by atoms with Gasteiger partial charge < -0.3 is 16.1 Å². The van der Waals surface area contributed by atoms with E-state index in [-0.39, 0.29) is 5.91 Å². The van der Waals surface area contributed by atoms with Crippen LogP contribution in [0.3, 0.4) is 0 Å². The maximum absolute atomic E-state index is 12.5. The summed E-state index contributed by atoms with van der Waals surface area (Å²) in [6, 6.07) is 15.5. The number of anilines is 1. The smallest absolute Gasteiger partial charge is 0.227 e. The van der Waals surface area contributed by atoms with Crippen LogP contribution in [0.25, 0.3) is 11.4 Å². The molecule has 0 spiro atoms. The van der Waals surface area contributed by atoms with Gasteiger partial charge in [0.05, 0.1) is 23.6 Å². The lowest BCUT2D eigenvalue weighted by Gasteiger charge is -2.29. The zero-order valence-corrected chi connectivity index (χ0v) is 13.0. The van der Waals surface area contributed by atoms with Gasteiger partial charge >= 0.3 is 0 Å². The summed E-state index contributed by atoms with van der Waals surface area (Å²) in [7, 11) is 0. The molecule has 0 atom stereocenters. The number of para-hydroxylation sites is 1. The Morgan fingerprint density at radius 3 is 2.48 bits per heavy atom. The topological polar surface area (TPSA) is 84.4 Å². The average Bonchev–Trinajstić information content (AvgIpc) is 2.59. The SMILES string of the molecule is CCC(=O)N1Cc2ccccc2/C(NN)=C(/N)c2ccccc21. The van der Waals surface area contributed by atoms with Crippen LogP contribution in [-0.4, -0.2) is 5.91 Å². The Bertz CT molecular complexity index is 782. The standard InChI is InChI=1S/C18H20N4O/c1-2-16(23)22-11-12-7-3-4-8-13(12)18(21-20)17(19)14-9-5-6-10-15(14)22/h3-10,21H,2,11,19-20H2,1H3/b18-17-. The molecule has 3 rings (SSSR count). The highest BCUT2D eigenvalue weighted by atomic mass is 16.2. The fourth-order valence-corrected chi connectivity index (χ4v) is 2.94. The first kappa shape index (κ1) is 15.1. The molecule has 1 aliphatic heterocycles. The number of benzene rings is 2. The van der Waals surface area contributed by atoms with Crippen molar-refractivity contribution in [2.24, 2.45) is 11.6 Å². The van der Waals surface area contributed by atoms with Crippen molar-refractivity contribution in [3.05, 3.63) is 65.2 Å². The molecule has 5 N–H and O–H groups in total. The van der Waals surface area contributed by atoms with E-state index < -0.39 is 0 Å². The molecule has 1 aliphatic rings. The van der Waals surface area contributed by atoms with Crippen molar-refractivity contribution in [1.82, 2.24) is 5.43 Å². The van der Waals surface area contributed by atoms with Crippen molar-refractivity contribution >= 4 is 23.0 Å². The van der Waals surface area contributed by atoms with Crippen LogP contribution in [0.4, 0.5) is 5.69 Å². The summed E-state index contributed by atoms with van der Waals surface area (Å²) in [6.45, 7) is 2.35. The van der Waals surface area contributed by atoms with E-state index in [1.165, 1.54) is 0 Å². The van der Waals surface area contributed by atoms with Crippen LogP contribution in [0.2, 0.25) is 0 Å². The third-order valence-electron chi connectivity index (χ3n) is 4.12. The van der Waals surface area contributed by atoms with Gasteiger partial charge in [0.25, 0.3) is 0 Å². The van der Waals surface area contributed by atoms with Crippen molar-refractivity contribution in [2.45, 2.75) is 19.9 Å². The van der Waals surface area contributed by atoms with Crippen molar-refractivity contribution in [3.8, 4) is 0 Å². The minimum atomic E-state index is 0.0595. The third kappa shape index (κ3) is 2.55. The van der Waals surface area contributed by atoms with Crippen molar-refractivity contribution < 1.29 is 4.79 Å². The highest BCUT2D eigenvalue weighted by Gasteiger charge is 2.24. The Balaban J connectivity index is 2.32. The third-order valence-corrected chi connectivity index (χ3v) is 4.12. The van der Waals surface area contributed by atoms with Gasteiger partial charge in [-0.2, -0.15) is 0 Å². The van der Waals surface area contributed by atoms with Crippen LogP contribution in [0.1, 0.15) is 30.0 Å². The quantitative estimate of drug-likeness (QED) is 0.586. The average molecular weight is 308 g/mol. The number of nitrogens with one attached hydrogen (secondary N) is 1. The summed E-state index contributed by atoms with van der Waals surface area (Å²) in [5.41, 5.74) is 13.8. The molecule has 0 fully saturated rings. The predicted octanol–water partition coefficient (Wildman–Crippen LogP) is 2.19. The number of carbonyl (C=O) groups is 1. The van der Waals surface area contributed by atoms with Gasteiger partial charge in [-0.05, 0) is 11.6 Å². The molecule has 0 saturated heterocycles. The maximum atomic E-state index is 12.5. The second-order valence-electron chi connectivity index (χ2n) is 5.44. The first-order valence-corrected chi connectivity index (χ1v) is 7.61. The van der Waals surface area contributed by atoms with E-state index in [4.69, 9.17) is 11.6 Å². The number of hydrogen-bond donors (Lipinski definition) is 3. The molecule has 2 aromatic rings. The lowest BCUT2D eigenvalue weighted by atomic mass is 9.96. The number of rotatable bonds is 2. The second-order valence-corrected chi connectivity index (χ2v) is 5.44. The van der Waals surface area contributed by atoms with Gasteiger partial charge in [-0.1, -0.05) is 49.4 Å². The molecule has 23 heavy (non-hydrogen) atoms. The van der Waals surface area contributed by atoms with E-state index in [0.717, 1.165) is 22.4 Å². The molecule has 0 radical (unpaired) electrons. The van der Waals surface area contributed by atoms with E-state index in [1.807, 2.05) is 55.5 Å². The number of amides is 1. The van der Waals surface area contributed by atoms with Crippen LogP contribution in [0.15, 0.2) is 48.5 Å². The van der Waals surface area contributed by atoms with E-state index in [9.17, 15) is 4.79 Å². The minimum Gasteiger partial charge on any atom is -0.396 e. The van der Waals surface area contributed by atoms with E-state index in [1.54, 1.807) is 4.90 Å². The van der Waals surface area contributed by atoms with Gasteiger partial charge in [-0.25, -0.2) is 0 Å². The van der Waals surface area contributed by atoms with E-state index >= 15 is 0 Å². The zero-order chi connectivity index (χ0) is 16.4. The van der Waals surface area contributed by atoms with Gasteiger partial charge in [0.15, 0.2) is 0 Å². The molecule has 5 nitrogen and oxygen atoms in total. The number of carbonyl (C=O) groups excluding carboxylic acids is 1. The van der Waals surface area contributed by atoms with Crippen LogP contribution in [-0.2, 0) is 11.3 Å². The predicted molar refractivity (Wildman–Crippen MR) is 92.7 cm³/mol. The highest BCUT2D eigenvalue weighted by Crippen LogP contribution is 2.34. The molecule has 1 amide bonds. The van der Waals surface area contributed by atoms with Crippen LogP contribution < -0.4 is 21.9 Å². The van der Waals surface area contributed by atoms with Gasteiger partial charge in [0.1, 0.15) is 0 Å². The molecule has 0 bridgehead atoms. The molecule has 118 valence electrons. The molecule has 5 heteroatoms. The Morgan fingerprint density at radius 1 is 1.13 bits per heavy atom. The Kier molecular flexibility index (Phi) is 4.04. The van der Waals surface area contributed by atoms with Crippen molar-refractivity contribution in [3.63, 3.8) is 0 Å². The molecule has 1 heterocycles. The molecule has 0 unspecified atom stereocenters. The first-order valence-electron chi connectivity index (χ1n) is 7.61. The number of hydrogen-bond acceptors (Lipinski definition) is 4. The highest BCUT2D eigenvalue weighted by molar-refractivity contribution is 6.00. The van der Waals surface area contributed by atoms with E-state index in [0.29, 0.717) is 24.4 Å². The molecular formula is C18H20N4O. The fourth-order valence-electron chi connectivity index (χ4n) is 2.94. The largest absolute Gasteiger partial charge is 0.396 e. The monoisotopic (exact) mass is 308 g/mol. The second kappa shape index (κ2) is 6.14. The number of nitrogens with zero attached hydrogens (tertiary/aromatic N) is 1. The number of hydrazine groups is 1. The summed E-state index contributed by atoms with van der Waals surface area (Å²) in [5, 5.41) is 0. The summed E-state index contributed by atoms with van der Waals surface area (Å²) in [6.07, 6.45) is 0.433. The number of nitrogens with two attached hydrogens (primary N) is 2. The Morgan fingerprint density at radius 2 is 1.78 bits per heavy atom. The van der Waals surface area contributed by atoms with Crippen LogP contribution >= 0.6 is 0 Å². The molecule has 0 aromatic heterocycles. The first-order chi connectivity index (χ1) is 11.2. The fraction of sp³-hybridized carbons (Fsp3) is 0.167. The normalized spacial score (nSPS) is 16.9. The summed E-state index contributed by atoms with van der Waals surface area (Å²) in [5.74, 6) is 5.80. The van der Waals surface area contributed by atoms with Crippen LogP contribution in [0, 0.1) is 0 Å². The zero-order valence-electron chi connectivity index (χ0n) is 13.0. The maximum Gasteiger partial charge on any atom is 0.227 e. The molecule has 0 saturated carbocycles. The molecule has 2 aromatic carbocycles. The lowest BCUT2D eigenvalue weighted by molar-refractivity contribution is -0.118. The van der Waals surface area contributed by atoms with Crippen molar-refractivity contribution in [1.29, 1.82) is 0 Å². The van der Waals surface area contributed by atoms with Gasteiger partial charge in [-0.3, -0.25) is 10.6 Å². The Hall–Kier alpha value is -2.79. The summed E-state index contributed by atoms with van der Waals surface area (Å²) < 4.78 is 0. The molecular weight excluding hydrogens is 288 g/mol.